The van der Waals surface area contributed by atoms with Gasteiger partial charge in [0.2, 0.25) is 0 Å². The summed E-state index contributed by atoms with van der Waals surface area (Å²) < 4.78 is 32.2. The predicted molar refractivity (Wildman–Crippen MR) is 107 cm³/mol. The van der Waals surface area contributed by atoms with Gasteiger partial charge in [0.1, 0.15) is 17.8 Å². The van der Waals surface area contributed by atoms with Gasteiger partial charge in [-0.15, -0.1) is 0 Å². The van der Waals surface area contributed by atoms with Crippen molar-refractivity contribution < 1.29 is 23.1 Å². The first-order valence-corrected chi connectivity index (χ1v) is 9.77. The van der Waals surface area contributed by atoms with Crippen molar-refractivity contribution in [2.24, 2.45) is 11.3 Å². The molecule has 2 amide bonds. The maximum Gasteiger partial charge on any atom is 0.415 e. The Hall–Kier alpha value is -2.44. The highest BCUT2D eigenvalue weighted by atomic mass is 19.1. The first-order valence-electron chi connectivity index (χ1n) is 9.77. The molecule has 0 saturated carbocycles. The molecule has 1 aromatic carbocycles. The maximum atomic E-state index is 14.1. The van der Waals surface area contributed by atoms with Gasteiger partial charge in [0.15, 0.2) is 0 Å². The van der Waals surface area contributed by atoms with E-state index in [-0.39, 0.29) is 17.2 Å². The molecule has 0 fully saturated rings. The number of carbonyl (C=O) groups is 2. The maximum absolute atomic E-state index is 14.1. The number of methoxy groups -OCH3 is 1. The number of carbonyl (C=O) groups excluding carboxylic acids is 2. The molecule has 0 bridgehead atoms. The third kappa shape index (κ3) is 5.14. The number of halogens is 2. The van der Waals surface area contributed by atoms with E-state index in [0.29, 0.717) is 30.4 Å². The van der Waals surface area contributed by atoms with Gasteiger partial charge in [0.05, 0.1) is 7.11 Å². The van der Waals surface area contributed by atoms with Crippen LogP contribution < -0.4 is 0 Å². The number of likely N-dealkylation sites (N-methyl/N-ethyl adjacent to an activating group) is 1. The molecule has 0 radical (unpaired) electrons. The Morgan fingerprint density at radius 1 is 1.24 bits per heavy atom. The van der Waals surface area contributed by atoms with Crippen molar-refractivity contribution in [2.45, 2.75) is 53.1 Å². The molecule has 0 N–H and O–H groups in total. The molecule has 7 heteroatoms. The summed E-state index contributed by atoms with van der Waals surface area (Å²) in [4.78, 5) is 28.4. The van der Waals surface area contributed by atoms with Crippen LogP contribution in [0.4, 0.5) is 13.6 Å². The Morgan fingerprint density at radius 2 is 1.90 bits per heavy atom. The Bertz CT molecular complexity index is 802. The summed E-state index contributed by atoms with van der Waals surface area (Å²) in [5.41, 5.74) is 0.489. The molecule has 2 atom stereocenters. The first-order chi connectivity index (χ1) is 13.5. The average Bonchev–Trinajstić information content (AvgIpc) is 2.64. The van der Waals surface area contributed by atoms with E-state index in [4.69, 9.17) is 4.74 Å². The minimum absolute atomic E-state index is 0.0377. The summed E-state index contributed by atoms with van der Waals surface area (Å²) in [6.45, 7) is 7.80. The smallest absolute Gasteiger partial charge is 0.415 e. The fourth-order valence-corrected chi connectivity index (χ4v) is 3.88. The molecule has 1 heterocycles. The largest absolute Gasteiger partial charge is 0.452 e. The Morgan fingerprint density at radius 3 is 2.41 bits per heavy atom. The van der Waals surface area contributed by atoms with Gasteiger partial charge in [0, 0.05) is 30.3 Å². The summed E-state index contributed by atoms with van der Waals surface area (Å²) >= 11 is 0. The van der Waals surface area contributed by atoms with Gasteiger partial charge in [-0.25, -0.2) is 13.6 Å². The molecule has 0 aromatic heterocycles. The van der Waals surface area contributed by atoms with Crippen LogP contribution in [0.3, 0.4) is 0 Å². The topological polar surface area (TPSA) is 49.9 Å². The molecule has 1 aliphatic rings. The van der Waals surface area contributed by atoms with E-state index in [9.17, 15) is 18.4 Å². The molecular weight excluding hydrogens is 378 g/mol. The molecule has 0 saturated heterocycles. The molecule has 5 nitrogen and oxygen atoms in total. The molecule has 0 spiro atoms. The van der Waals surface area contributed by atoms with Crippen molar-refractivity contribution in [3.63, 3.8) is 0 Å². The number of benzene rings is 1. The van der Waals surface area contributed by atoms with Gasteiger partial charge >= 0.3 is 6.09 Å². The normalized spacial score (nSPS) is 18.6. The molecule has 2 unspecified atom stereocenters. The lowest BCUT2D eigenvalue weighted by Gasteiger charge is -2.46. The first kappa shape index (κ1) is 22.8. The minimum Gasteiger partial charge on any atom is -0.452 e. The lowest BCUT2D eigenvalue weighted by atomic mass is 9.86. The number of hydrogen-bond donors (Lipinski definition) is 0. The Labute approximate surface area is 171 Å². The summed E-state index contributed by atoms with van der Waals surface area (Å²) in [5, 5.41) is 0. The lowest BCUT2D eigenvalue weighted by Crippen LogP contribution is -2.58. The van der Waals surface area contributed by atoms with E-state index < -0.39 is 23.9 Å². The van der Waals surface area contributed by atoms with Gasteiger partial charge in [-0.3, -0.25) is 9.69 Å². The number of hydrogen-bond acceptors (Lipinski definition) is 3. The van der Waals surface area contributed by atoms with Gasteiger partial charge in [-0.05, 0) is 30.4 Å². The second-order valence-electron chi connectivity index (χ2n) is 8.61. The van der Waals surface area contributed by atoms with Gasteiger partial charge in [-0.1, -0.05) is 40.2 Å². The fourth-order valence-electron chi connectivity index (χ4n) is 3.88. The van der Waals surface area contributed by atoms with E-state index in [1.54, 1.807) is 18.1 Å². The quantitative estimate of drug-likeness (QED) is 0.708. The van der Waals surface area contributed by atoms with Crippen LogP contribution >= 0.6 is 0 Å². The zero-order valence-corrected chi connectivity index (χ0v) is 18.0. The van der Waals surface area contributed by atoms with Crippen molar-refractivity contribution in [3.8, 4) is 0 Å². The SMILES string of the molecule is CCC(CC1=CN(C(=O)OC)C(C(C)(C)C)N(C)C1=O)Cc1ccc(F)cc1F. The van der Waals surface area contributed by atoms with E-state index in [1.807, 2.05) is 27.7 Å². The highest BCUT2D eigenvalue weighted by Crippen LogP contribution is 2.34. The predicted octanol–water partition coefficient (Wildman–Crippen LogP) is 4.72. The van der Waals surface area contributed by atoms with Crippen LogP contribution in [0.1, 0.15) is 46.1 Å². The molecular formula is C22H30F2N2O3. The van der Waals surface area contributed by atoms with Crippen LogP contribution in [0.25, 0.3) is 0 Å². The zero-order valence-electron chi connectivity index (χ0n) is 18.0. The zero-order chi connectivity index (χ0) is 21.9. The Balaban J connectivity index is 2.31. The van der Waals surface area contributed by atoms with Crippen LogP contribution in [-0.2, 0) is 16.0 Å². The molecule has 2 rings (SSSR count). The van der Waals surface area contributed by atoms with Crippen LogP contribution in [-0.4, -0.2) is 42.1 Å². The van der Waals surface area contributed by atoms with E-state index in [1.165, 1.54) is 24.1 Å². The van der Waals surface area contributed by atoms with Gasteiger partial charge in [0.25, 0.3) is 5.91 Å². The van der Waals surface area contributed by atoms with Crippen LogP contribution in [0.15, 0.2) is 30.0 Å². The third-order valence-corrected chi connectivity index (χ3v) is 5.29. The van der Waals surface area contributed by atoms with Crippen LogP contribution in [0, 0.1) is 23.0 Å². The second-order valence-corrected chi connectivity index (χ2v) is 8.61. The summed E-state index contributed by atoms with van der Waals surface area (Å²) in [6, 6.07) is 3.54. The lowest BCUT2D eigenvalue weighted by molar-refractivity contribution is -0.136. The highest BCUT2D eigenvalue weighted by molar-refractivity contribution is 5.95. The average molecular weight is 408 g/mol. The van der Waals surface area contributed by atoms with Crippen LogP contribution in [0.5, 0.6) is 0 Å². The molecule has 1 aromatic rings. The molecule has 29 heavy (non-hydrogen) atoms. The van der Waals surface area contributed by atoms with Crippen molar-refractivity contribution in [3.05, 3.63) is 47.2 Å². The van der Waals surface area contributed by atoms with Crippen molar-refractivity contribution in [2.75, 3.05) is 14.2 Å². The van der Waals surface area contributed by atoms with Crippen molar-refractivity contribution in [1.82, 2.24) is 9.80 Å². The van der Waals surface area contributed by atoms with Crippen LogP contribution in [0.2, 0.25) is 0 Å². The minimum atomic E-state index is -0.618. The molecule has 0 aliphatic carbocycles. The van der Waals surface area contributed by atoms with Crippen molar-refractivity contribution >= 4 is 12.0 Å². The van der Waals surface area contributed by atoms with E-state index >= 15 is 0 Å². The van der Waals surface area contributed by atoms with E-state index in [2.05, 4.69) is 0 Å². The number of nitrogens with zero attached hydrogens (tertiary/aromatic N) is 2. The van der Waals surface area contributed by atoms with Crippen molar-refractivity contribution in [1.29, 1.82) is 0 Å². The summed E-state index contributed by atoms with van der Waals surface area (Å²) in [7, 11) is 2.97. The number of ether oxygens (including phenoxy) is 1. The monoisotopic (exact) mass is 408 g/mol. The summed E-state index contributed by atoms with van der Waals surface area (Å²) in [5.74, 6) is -1.41. The van der Waals surface area contributed by atoms with Gasteiger partial charge < -0.3 is 9.64 Å². The molecule has 160 valence electrons. The summed E-state index contributed by atoms with van der Waals surface area (Å²) in [6.07, 6.45) is 1.98. The fraction of sp³-hybridized carbons (Fsp3) is 0.545. The van der Waals surface area contributed by atoms with Gasteiger partial charge in [-0.2, -0.15) is 0 Å². The number of amides is 2. The highest BCUT2D eigenvalue weighted by Gasteiger charge is 2.42. The molecule has 1 aliphatic heterocycles. The standard InChI is InChI=1S/C22H30F2N2O3/c1-7-14(10-15-8-9-17(23)12-18(15)24)11-16-13-26(21(28)29-6)20(22(2,3)4)25(5)19(16)27/h8-9,12-14,20H,7,10-11H2,1-6H3. The Kier molecular flexibility index (Phi) is 7.03. The van der Waals surface area contributed by atoms with E-state index in [0.717, 1.165) is 6.07 Å². The third-order valence-electron chi connectivity index (χ3n) is 5.29. The number of rotatable bonds is 5. The second kappa shape index (κ2) is 8.93.